The summed E-state index contributed by atoms with van der Waals surface area (Å²) in [5.74, 6) is -2.29. The van der Waals surface area contributed by atoms with Crippen LogP contribution in [0, 0.1) is 11.6 Å². The molecular formula is C21H16F2N4O3. The Labute approximate surface area is 169 Å². The first-order chi connectivity index (χ1) is 14.6. The molecule has 7 nitrogen and oxygen atoms in total. The third-order valence-electron chi connectivity index (χ3n) is 4.89. The largest absolute Gasteiger partial charge is 0.450 e. The number of para-hydroxylation sites is 1. The minimum Gasteiger partial charge on any atom is -0.450 e. The van der Waals surface area contributed by atoms with Gasteiger partial charge in [0.15, 0.2) is 23.0 Å². The van der Waals surface area contributed by atoms with E-state index in [-0.39, 0.29) is 11.5 Å². The summed E-state index contributed by atoms with van der Waals surface area (Å²) in [5.41, 5.74) is 1.74. The number of morpholine rings is 1. The van der Waals surface area contributed by atoms with Gasteiger partial charge in [-0.25, -0.2) is 18.7 Å². The number of aromatic nitrogens is 2. The highest BCUT2D eigenvalue weighted by atomic mass is 19.2. The summed E-state index contributed by atoms with van der Waals surface area (Å²) in [7, 11) is 0. The summed E-state index contributed by atoms with van der Waals surface area (Å²) >= 11 is 0. The van der Waals surface area contributed by atoms with E-state index in [1.165, 1.54) is 6.07 Å². The van der Waals surface area contributed by atoms with E-state index in [0.29, 0.717) is 48.8 Å². The highest BCUT2D eigenvalue weighted by Gasteiger charge is 2.24. The molecule has 1 aliphatic heterocycles. The summed E-state index contributed by atoms with van der Waals surface area (Å²) < 4.78 is 38.1. The quantitative estimate of drug-likeness (QED) is 0.554. The predicted molar refractivity (Wildman–Crippen MR) is 107 cm³/mol. The first-order valence-electron chi connectivity index (χ1n) is 9.38. The molecule has 1 amide bonds. The molecule has 3 heterocycles. The fraction of sp³-hybridized carbons (Fsp3) is 0.190. The molecule has 1 fully saturated rings. The highest BCUT2D eigenvalue weighted by Crippen LogP contribution is 2.33. The van der Waals surface area contributed by atoms with Gasteiger partial charge >= 0.3 is 0 Å². The number of fused-ring (bicyclic) bond motifs is 3. The monoisotopic (exact) mass is 410 g/mol. The molecule has 0 unspecified atom stereocenters. The summed E-state index contributed by atoms with van der Waals surface area (Å²) in [5, 5.41) is 3.27. The van der Waals surface area contributed by atoms with Crippen molar-refractivity contribution in [1.82, 2.24) is 9.97 Å². The van der Waals surface area contributed by atoms with Crippen LogP contribution in [0.1, 0.15) is 10.6 Å². The number of nitrogens with zero attached hydrogens (tertiary/aromatic N) is 3. The summed E-state index contributed by atoms with van der Waals surface area (Å²) in [6.45, 7) is 2.24. The van der Waals surface area contributed by atoms with Crippen molar-refractivity contribution in [2.45, 2.75) is 0 Å². The zero-order chi connectivity index (χ0) is 20.7. The normalized spacial score (nSPS) is 14.4. The Bertz CT molecular complexity index is 1270. The predicted octanol–water partition coefficient (Wildman–Crippen LogP) is 3.74. The van der Waals surface area contributed by atoms with E-state index in [9.17, 15) is 13.6 Å². The highest BCUT2D eigenvalue weighted by molar-refractivity contribution is 6.09. The molecule has 152 valence electrons. The molecule has 2 aromatic heterocycles. The average Bonchev–Trinajstić information content (AvgIpc) is 3.15. The summed E-state index contributed by atoms with van der Waals surface area (Å²) in [6, 6.07) is 10.5. The van der Waals surface area contributed by atoms with Gasteiger partial charge in [-0.1, -0.05) is 12.1 Å². The van der Waals surface area contributed by atoms with Gasteiger partial charge in [-0.3, -0.25) is 4.79 Å². The zero-order valence-electron chi connectivity index (χ0n) is 15.7. The van der Waals surface area contributed by atoms with Crippen LogP contribution in [0.25, 0.3) is 22.1 Å². The fourth-order valence-electron chi connectivity index (χ4n) is 3.43. The second-order valence-corrected chi connectivity index (χ2v) is 6.83. The molecular weight excluding hydrogens is 394 g/mol. The number of hydrogen-bond acceptors (Lipinski definition) is 6. The molecule has 0 bridgehead atoms. The van der Waals surface area contributed by atoms with Gasteiger partial charge in [0.25, 0.3) is 5.91 Å². The SMILES string of the molecule is O=C(Nc1ccc(F)c(F)c1)c1nc(N2CCOCC2)c2oc3ccccc3c2n1. The number of halogens is 2. The Morgan fingerprint density at radius 2 is 1.83 bits per heavy atom. The van der Waals surface area contributed by atoms with Crippen molar-refractivity contribution >= 4 is 39.5 Å². The van der Waals surface area contributed by atoms with Crippen LogP contribution in [0.4, 0.5) is 20.3 Å². The maximum atomic E-state index is 13.5. The third kappa shape index (κ3) is 3.22. The molecule has 0 radical (unpaired) electrons. The number of benzene rings is 2. The van der Waals surface area contributed by atoms with Crippen LogP contribution in [0.2, 0.25) is 0 Å². The van der Waals surface area contributed by atoms with Crippen molar-refractivity contribution in [3.63, 3.8) is 0 Å². The molecule has 5 rings (SSSR count). The van der Waals surface area contributed by atoms with E-state index >= 15 is 0 Å². The van der Waals surface area contributed by atoms with Crippen molar-refractivity contribution in [3.8, 4) is 0 Å². The molecule has 1 N–H and O–H groups in total. The molecule has 0 spiro atoms. The lowest BCUT2D eigenvalue weighted by atomic mass is 10.2. The molecule has 1 aliphatic rings. The van der Waals surface area contributed by atoms with Crippen LogP contribution < -0.4 is 10.2 Å². The number of rotatable bonds is 3. The topological polar surface area (TPSA) is 80.5 Å². The first kappa shape index (κ1) is 18.4. The molecule has 0 atom stereocenters. The number of nitrogens with one attached hydrogen (secondary N) is 1. The van der Waals surface area contributed by atoms with Gasteiger partial charge in [0.05, 0.1) is 13.2 Å². The first-order valence-corrected chi connectivity index (χ1v) is 9.38. The van der Waals surface area contributed by atoms with Gasteiger partial charge < -0.3 is 19.4 Å². The van der Waals surface area contributed by atoms with Crippen molar-refractivity contribution < 1.29 is 22.7 Å². The maximum Gasteiger partial charge on any atom is 0.293 e. The standard InChI is InChI=1S/C21H16F2N4O3/c22-14-6-5-12(11-15(14)23)24-21(28)19-25-17-13-3-1-2-4-16(13)30-18(17)20(26-19)27-7-9-29-10-8-27/h1-6,11H,7-10H2,(H,24,28). The van der Waals surface area contributed by atoms with Crippen molar-refractivity contribution in [3.05, 3.63) is 59.9 Å². The van der Waals surface area contributed by atoms with Crippen molar-refractivity contribution in [1.29, 1.82) is 0 Å². The minimum atomic E-state index is -1.06. The van der Waals surface area contributed by atoms with E-state index < -0.39 is 17.5 Å². The van der Waals surface area contributed by atoms with E-state index in [2.05, 4.69) is 15.3 Å². The lowest BCUT2D eigenvalue weighted by molar-refractivity contribution is 0.101. The fourth-order valence-corrected chi connectivity index (χ4v) is 3.43. The second-order valence-electron chi connectivity index (χ2n) is 6.83. The Hall–Kier alpha value is -3.59. The maximum absolute atomic E-state index is 13.5. The Morgan fingerprint density at radius 3 is 2.63 bits per heavy atom. The minimum absolute atomic E-state index is 0.0970. The van der Waals surface area contributed by atoms with Crippen molar-refractivity contribution in [2.75, 3.05) is 36.5 Å². The van der Waals surface area contributed by atoms with E-state index in [0.717, 1.165) is 17.5 Å². The van der Waals surface area contributed by atoms with E-state index in [1.54, 1.807) is 0 Å². The molecule has 4 aromatic rings. The zero-order valence-corrected chi connectivity index (χ0v) is 15.7. The number of hydrogen-bond donors (Lipinski definition) is 1. The molecule has 1 saturated heterocycles. The van der Waals surface area contributed by atoms with Gasteiger partial charge in [-0.05, 0) is 24.3 Å². The summed E-state index contributed by atoms with van der Waals surface area (Å²) in [4.78, 5) is 23.7. The number of carbonyl (C=O) groups is 1. The molecule has 2 aromatic carbocycles. The Kier molecular flexibility index (Phi) is 4.51. The average molecular weight is 410 g/mol. The number of ether oxygens (including phenoxy) is 1. The molecule has 30 heavy (non-hydrogen) atoms. The lowest BCUT2D eigenvalue weighted by Crippen LogP contribution is -2.37. The number of carbonyl (C=O) groups excluding carboxylic acids is 1. The number of anilines is 2. The smallest absolute Gasteiger partial charge is 0.293 e. The van der Waals surface area contributed by atoms with Crippen LogP contribution in [-0.2, 0) is 4.74 Å². The second kappa shape index (κ2) is 7.34. The van der Waals surface area contributed by atoms with E-state index in [1.807, 2.05) is 29.2 Å². The summed E-state index contributed by atoms with van der Waals surface area (Å²) in [6.07, 6.45) is 0. The van der Waals surface area contributed by atoms with Gasteiger partial charge in [-0.15, -0.1) is 0 Å². The van der Waals surface area contributed by atoms with Gasteiger partial charge in [0, 0.05) is 30.2 Å². The Morgan fingerprint density at radius 1 is 1.03 bits per heavy atom. The van der Waals surface area contributed by atoms with Crippen molar-refractivity contribution in [2.24, 2.45) is 0 Å². The van der Waals surface area contributed by atoms with Gasteiger partial charge in [0.1, 0.15) is 11.1 Å². The van der Waals surface area contributed by atoms with Crippen LogP contribution >= 0.6 is 0 Å². The number of amides is 1. The Balaban J connectivity index is 1.61. The third-order valence-corrected chi connectivity index (χ3v) is 4.89. The van der Waals surface area contributed by atoms with E-state index in [4.69, 9.17) is 9.15 Å². The van der Waals surface area contributed by atoms with Gasteiger partial charge in [0.2, 0.25) is 5.82 Å². The van der Waals surface area contributed by atoms with Gasteiger partial charge in [-0.2, -0.15) is 0 Å². The molecule has 0 aliphatic carbocycles. The van der Waals surface area contributed by atoms with Crippen LogP contribution in [0.15, 0.2) is 46.9 Å². The molecule has 0 saturated carbocycles. The number of furan rings is 1. The van der Waals surface area contributed by atoms with Crippen LogP contribution in [-0.4, -0.2) is 42.2 Å². The molecule has 9 heteroatoms. The van der Waals surface area contributed by atoms with Crippen LogP contribution in [0.5, 0.6) is 0 Å². The lowest BCUT2D eigenvalue weighted by Gasteiger charge is -2.27. The van der Waals surface area contributed by atoms with Crippen LogP contribution in [0.3, 0.4) is 0 Å².